The zero-order valence-electron chi connectivity index (χ0n) is 14.0. The quantitative estimate of drug-likeness (QED) is 0.938. The van der Waals surface area contributed by atoms with E-state index in [4.69, 9.17) is 9.47 Å². The average Bonchev–Trinajstić information content (AvgIpc) is 2.64. The van der Waals surface area contributed by atoms with Crippen molar-refractivity contribution in [2.45, 2.75) is 19.4 Å². The molecule has 1 N–H and O–H groups in total. The monoisotopic (exact) mass is 326 g/mol. The Kier molecular flexibility index (Phi) is 5.11. The van der Waals surface area contributed by atoms with E-state index in [0.717, 1.165) is 23.3 Å². The minimum absolute atomic E-state index is 0.0865. The van der Waals surface area contributed by atoms with Crippen molar-refractivity contribution in [1.82, 2.24) is 10.3 Å². The Balaban J connectivity index is 1.75. The lowest BCUT2D eigenvalue weighted by molar-refractivity contribution is 0.0375. The highest BCUT2D eigenvalue weighted by Crippen LogP contribution is 2.22. The number of nitrogens with zero attached hydrogens (tertiary/aromatic N) is 1. The van der Waals surface area contributed by atoms with Crippen LogP contribution in [-0.2, 0) is 4.74 Å². The van der Waals surface area contributed by atoms with Crippen molar-refractivity contribution in [3.63, 3.8) is 0 Å². The number of carbonyl (C=O) groups is 1. The van der Waals surface area contributed by atoms with Crippen LogP contribution in [-0.4, -0.2) is 37.3 Å². The van der Waals surface area contributed by atoms with Crippen molar-refractivity contribution < 1.29 is 14.3 Å². The summed E-state index contributed by atoms with van der Waals surface area (Å²) < 4.78 is 10.6. The van der Waals surface area contributed by atoms with Gasteiger partial charge in [0.05, 0.1) is 19.3 Å². The summed E-state index contributed by atoms with van der Waals surface area (Å²) in [6, 6.07) is 9.72. The van der Waals surface area contributed by atoms with Gasteiger partial charge in [0.15, 0.2) is 0 Å². The number of rotatable bonds is 4. The van der Waals surface area contributed by atoms with E-state index in [1.807, 2.05) is 30.3 Å². The Labute approximate surface area is 142 Å². The zero-order chi connectivity index (χ0) is 16.9. The number of nitrogens with one attached hydrogen (secondary N) is 1. The van der Waals surface area contributed by atoms with E-state index in [2.05, 4.69) is 17.2 Å². The van der Waals surface area contributed by atoms with E-state index in [1.54, 1.807) is 19.5 Å². The van der Waals surface area contributed by atoms with Crippen molar-refractivity contribution in [2.24, 2.45) is 5.92 Å². The number of ether oxygens (including phenoxy) is 2. The first kappa shape index (κ1) is 16.5. The number of aromatic nitrogens is 1. The molecule has 5 nitrogen and oxygen atoms in total. The van der Waals surface area contributed by atoms with Gasteiger partial charge in [-0.1, -0.05) is 19.1 Å². The first-order chi connectivity index (χ1) is 11.7. The topological polar surface area (TPSA) is 60.5 Å². The van der Waals surface area contributed by atoms with Crippen molar-refractivity contribution in [3.8, 4) is 16.9 Å². The molecule has 1 aliphatic heterocycles. The van der Waals surface area contributed by atoms with Crippen LogP contribution in [0.5, 0.6) is 5.75 Å². The molecule has 24 heavy (non-hydrogen) atoms. The molecule has 1 aromatic carbocycles. The zero-order valence-corrected chi connectivity index (χ0v) is 14.0. The van der Waals surface area contributed by atoms with Crippen LogP contribution in [0.2, 0.25) is 0 Å². The minimum atomic E-state index is -0.0865. The van der Waals surface area contributed by atoms with Crippen molar-refractivity contribution in [2.75, 3.05) is 20.3 Å². The molecule has 3 rings (SSSR count). The van der Waals surface area contributed by atoms with Crippen LogP contribution in [0, 0.1) is 5.92 Å². The molecule has 0 radical (unpaired) electrons. The molecule has 2 aromatic rings. The van der Waals surface area contributed by atoms with Crippen molar-refractivity contribution in [3.05, 3.63) is 48.3 Å². The van der Waals surface area contributed by atoms with E-state index in [9.17, 15) is 4.79 Å². The van der Waals surface area contributed by atoms with E-state index < -0.39 is 0 Å². The van der Waals surface area contributed by atoms with Gasteiger partial charge in [0.1, 0.15) is 5.75 Å². The second kappa shape index (κ2) is 7.45. The van der Waals surface area contributed by atoms with Crippen LogP contribution in [0.1, 0.15) is 23.7 Å². The lowest BCUT2D eigenvalue weighted by atomic mass is 9.97. The van der Waals surface area contributed by atoms with Crippen LogP contribution in [0.3, 0.4) is 0 Å². The molecule has 5 heteroatoms. The van der Waals surface area contributed by atoms with Crippen LogP contribution in [0.15, 0.2) is 42.7 Å². The Bertz CT molecular complexity index is 700. The molecule has 1 aliphatic rings. The van der Waals surface area contributed by atoms with Gasteiger partial charge in [-0.05, 0) is 36.1 Å². The Morgan fingerprint density at radius 2 is 2.04 bits per heavy atom. The van der Waals surface area contributed by atoms with Gasteiger partial charge in [0.2, 0.25) is 0 Å². The van der Waals surface area contributed by atoms with Crippen LogP contribution in [0.25, 0.3) is 11.1 Å². The van der Waals surface area contributed by atoms with Gasteiger partial charge in [-0.2, -0.15) is 0 Å². The summed E-state index contributed by atoms with van der Waals surface area (Å²) in [6.07, 6.45) is 4.21. The molecule has 0 spiro atoms. The summed E-state index contributed by atoms with van der Waals surface area (Å²) in [4.78, 5) is 16.8. The molecular weight excluding hydrogens is 304 g/mol. The van der Waals surface area contributed by atoms with Crippen molar-refractivity contribution in [1.29, 1.82) is 0 Å². The summed E-state index contributed by atoms with van der Waals surface area (Å²) in [5.41, 5.74) is 2.48. The standard InChI is InChI=1S/C19H22N2O3/c1-13-12-24-8-7-18(13)21-19(22)16-9-15(10-20-11-16)14-3-5-17(23-2)6-4-14/h3-6,9-11,13,18H,7-8,12H2,1-2H3,(H,21,22). The second-order valence-electron chi connectivity index (χ2n) is 6.11. The van der Waals surface area contributed by atoms with Gasteiger partial charge in [-0.15, -0.1) is 0 Å². The molecule has 1 amide bonds. The third-order valence-corrected chi connectivity index (χ3v) is 4.38. The summed E-state index contributed by atoms with van der Waals surface area (Å²) >= 11 is 0. The maximum atomic E-state index is 12.5. The number of hydrogen-bond acceptors (Lipinski definition) is 4. The van der Waals surface area contributed by atoms with Gasteiger partial charge in [0, 0.05) is 30.6 Å². The third-order valence-electron chi connectivity index (χ3n) is 4.38. The average molecular weight is 326 g/mol. The third kappa shape index (κ3) is 3.74. The minimum Gasteiger partial charge on any atom is -0.497 e. The SMILES string of the molecule is COc1ccc(-c2cncc(C(=O)NC3CCOCC3C)c2)cc1. The fraction of sp³-hybridized carbons (Fsp3) is 0.368. The number of pyridine rings is 1. The number of hydrogen-bond donors (Lipinski definition) is 1. The van der Waals surface area contributed by atoms with Gasteiger partial charge in [0.25, 0.3) is 5.91 Å². The van der Waals surface area contributed by atoms with Crippen LogP contribution >= 0.6 is 0 Å². The normalized spacial score (nSPS) is 20.4. The molecule has 0 aliphatic carbocycles. The maximum absolute atomic E-state index is 12.5. The smallest absolute Gasteiger partial charge is 0.253 e. The van der Waals surface area contributed by atoms with E-state index in [1.165, 1.54) is 0 Å². The molecule has 2 atom stereocenters. The molecule has 1 fully saturated rings. The number of benzene rings is 1. The van der Waals surface area contributed by atoms with E-state index >= 15 is 0 Å². The van der Waals surface area contributed by atoms with Crippen LogP contribution < -0.4 is 10.1 Å². The highest BCUT2D eigenvalue weighted by molar-refractivity contribution is 5.95. The fourth-order valence-corrected chi connectivity index (χ4v) is 2.85. The predicted octanol–water partition coefficient (Wildman–Crippen LogP) is 2.91. The van der Waals surface area contributed by atoms with Gasteiger partial charge in [-0.25, -0.2) is 0 Å². The van der Waals surface area contributed by atoms with Gasteiger partial charge >= 0.3 is 0 Å². The Morgan fingerprint density at radius 3 is 2.75 bits per heavy atom. The number of amides is 1. The Hall–Kier alpha value is -2.40. The summed E-state index contributed by atoms with van der Waals surface area (Å²) in [7, 11) is 1.64. The lowest BCUT2D eigenvalue weighted by Gasteiger charge is -2.29. The van der Waals surface area contributed by atoms with E-state index in [-0.39, 0.29) is 11.9 Å². The molecule has 126 valence electrons. The molecular formula is C19H22N2O3. The number of carbonyl (C=O) groups excluding carboxylic acids is 1. The number of methoxy groups -OCH3 is 1. The van der Waals surface area contributed by atoms with Gasteiger partial charge in [-0.3, -0.25) is 9.78 Å². The highest BCUT2D eigenvalue weighted by atomic mass is 16.5. The van der Waals surface area contributed by atoms with E-state index in [0.29, 0.717) is 24.7 Å². The molecule has 0 saturated carbocycles. The second-order valence-corrected chi connectivity index (χ2v) is 6.11. The first-order valence-electron chi connectivity index (χ1n) is 8.15. The molecule has 2 unspecified atom stereocenters. The van der Waals surface area contributed by atoms with Gasteiger partial charge < -0.3 is 14.8 Å². The predicted molar refractivity (Wildman–Crippen MR) is 92.1 cm³/mol. The molecule has 1 aromatic heterocycles. The maximum Gasteiger partial charge on any atom is 0.253 e. The van der Waals surface area contributed by atoms with Crippen molar-refractivity contribution >= 4 is 5.91 Å². The summed E-state index contributed by atoms with van der Waals surface area (Å²) in [6.45, 7) is 3.48. The summed E-state index contributed by atoms with van der Waals surface area (Å²) in [5.74, 6) is 1.03. The molecule has 1 saturated heterocycles. The molecule has 2 heterocycles. The highest BCUT2D eigenvalue weighted by Gasteiger charge is 2.24. The Morgan fingerprint density at radius 1 is 1.25 bits per heavy atom. The first-order valence-corrected chi connectivity index (χ1v) is 8.15. The lowest BCUT2D eigenvalue weighted by Crippen LogP contribution is -2.44. The fourth-order valence-electron chi connectivity index (χ4n) is 2.85. The largest absolute Gasteiger partial charge is 0.497 e. The van der Waals surface area contributed by atoms with Crippen LogP contribution in [0.4, 0.5) is 0 Å². The molecule has 0 bridgehead atoms. The summed E-state index contributed by atoms with van der Waals surface area (Å²) in [5, 5.41) is 3.10.